The van der Waals surface area contributed by atoms with Gasteiger partial charge in [-0.3, -0.25) is 9.69 Å². The van der Waals surface area contributed by atoms with Crippen molar-refractivity contribution in [2.75, 3.05) is 60.0 Å². The Morgan fingerprint density at radius 2 is 1.57 bits per heavy atom. The molecule has 0 saturated carbocycles. The van der Waals surface area contributed by atoms with Crippen molar-refractivity contribution in [2.45, 2.75) is 41.5 Å². The van der Waals surface area contributed by atoms with Crippen LogP contribution in [0.15, 0.2) is 0 Å². The first-order chi connectivity index (χ1) is 10.1. The molecule has 0 aromatic carbocycles. The molecule has 1 saturated heterocycles. The fourth-order valence-electron chi connectivity index (χ4n) is 1.24. The minimum atomic E-state index is 0.0926. The summed E-state index contributed by atoms with van der Waals surface area (Å²) in [6.45, 7) is 19.0. The number of hydrogen-bond acceptors (Lipinski definition) is 4. The van der Waals surface area contributed by atoms with Crippen molar-refractivity contribution < 1.29 is 9.53 Å². The summed E-state index contributed by atoms with van der Waals surface area (Å²) in [5.41, 5.74) is 0. The van der Waals surface area contributed by atoms with Gasteiger partial charge in [-0.2, -0.15) is 0 Å². The summed E-state index contributed by atoms with van der Waals surface area (Å²) in [5, 5.41) is 3.31. The van der Waals surface area contributed by atoms with Crippen molar-refractivity contribution >= 4 is 5.91 Å². The normalized spacial score (nSPS) is 13.5. The van der Waals surface area contributed by atoms with Gasteiger partial charge in [-0.1, -0.05) is 34.6 Å². The number of amides is 1. The molecule has 1 aliphatic heterocycles. The number of rotatable bonds is 4. The van der Waals surface area contributed by atoms with Crippen LogP contribution >= 0.6 is 0 Å². The SMILES string of the molecule is CC.CC.CC(=O)N(C)C.CCNCCN1CCOCC1. The fraction of sp³-hybridized carbons (Fsp3) is 0.938. The molecule has 1 rings (SSSR count). The molecule has 0 radical (unpaired) electrons. The van der Waals surface area contributed by atoms with Gasteiger partial charge in [0.15, 0.2) is 0 Å². The Morgan fingerprint density at radius 1 is 1.14 bits per heavy atom. The molecular formula is C16H39N3O2. The second kappa shape index (κ2) is 21.6. The van der Waals surface area contributed by atoms with Gasteiger partial charge in [0.05, 0.1) is 13.2 Å². The standard InChI is InChI=1S/C8H18N2O.C4H9NO.2C2H6/c1-2-9-3-4-10-5-7-11-8-6-10;1-4(6)5(2)3;2*1-2/h9H,2-8H2,1H3;1-3H3;2*1-2H3. The van der Waals surface area contributed by atoms with Crippen molar-refractivity contribution in [1.29, 1.82) is 0 Å². The molecule has 0 bridgehead atoms. The molecule has 1 amide bonds. The van der Waals surface area contributed by atoms with Gasteiger partial charge in [0.25, 0.3) is 0 Å². The molecule has 0 aliphatic carbocycles. The topological polar surface area (TPSA) is 44.8 Å². The highest BCUT2D eigenvalue weighted by molar-refractivity contribution is 5.72. The van der Waals surface area contributed by atoms with Gasteiger partial charge in [-0.25, -0.2) is 0 Å². The Kier molecular flexibility index (Phi) is 26.1. The lowest BCUT2D eigenvalue weighted by Crippen LogP contribution is -2.40. The average molecular weight is 306 g/mol. The molecule has 0 aromatic rings. The minimum absolute atomic E-state index is 0.0926. The fourth-order valence-corrected chi connectivity index (χ4v) is 1.24. The second-order valence-corrected chi connectivity index (χ2v) is 4.22. The smallest absolute Gasteiger partial charge is 0.218 e. The van der Waals surface area contributed by atoms with E-state index in [2.05, 4.69) is 17.1 Å². The maximum absolute atomic E-state index is 10.1. The number of hydrogen-bond donors (Lipinski definition) is 1. The molecule has 5 heteroatoms. The van der Waals surface area contributed by atoms with Gasteiger partial charge in [-0.05, 0) is 6.54 Å². The third-order valence-electron chi connectivity index (χ3n) is 2.59. The van der Waals surface area contributed by atoms with Crippen molar-refractivity contribution in [3.63, 3.8) is 0 Å². The summed E-state index contributed by atoms with van der Waals surface area (Å²) in [6.07, 6.45) is 0. The molecule has 1 heterocycles. The zero-order chi connectivity index (χ0) is 17.1. The zero-order valence-electron chi connectivity index (χ0n) is 15.7. The summed E-state index contributed by atoms with van der Waals surface area (Å²) in [5.74, 6) is 0.0926. The third kappa shape index (κ3) is 21.8. The van der Waals surface area contributed by atoms with Crippen LogP contribution in [-0.2, 0) is 9.53 Å². The van der Waals surface area contributed by atoms with Crippen LogP contribution in [0.4, 0.5) is 0 Å². The molecule has 130 valence electrons. The molecule has 5 nitrogen and oxygen atoms in total. The highest BCUT2D eigenvalue weighted by Crippen LogP contribution is 1.94. The van der Waals surface area contributed by atoms with Gasteiger partial charge >= 0.3 is 0 Å². The van der Waals surface area contributed by atoms with Crippen LogP contribution in [-0.4, -0.2) is 75.7 Å². The number of nitrogens with zero attached hydrogens (tertiary/aromatic N) is 2. The lowest BCUT2D eigenvalue weighted by atomic mass is 10.4. The summed E-state index contributed by atoms with van der Waals surface area (Å²) in [6, 6.07) is 0. The highest BCUT2D eigenvalue weighted by Gasteiger charge is 2.08. The van der Waals surface area contributed by atoms with Gasteiger partial charge in [0.2, 0.25) is 5.91 Å². The maximum Gasteiger partial charge on any atom is 0.218 e. The van der Waals surface area contributed by atoms with Gasteiger partial charge in [0, 0.05) is 47.2 Å². The molecule has 1 fully saturated rings. The van der Waals surface area contributed by atoms with Crippen LogP contribution in [0.1, 0.15) is 41.5 Å². The van der Waals surface area contributed by atoms with E-state index in [4.69, 9.17) is 4.74 Å². The lowest BCUT2D eigenvalue weighted by Gasteiger charge is -2.26. The molecule has 1 N–H and O–H groups in total. The first-order valence-corrected chi connectivity index (χ1v) is 8.26. The van der Waals surface area contributed by atoms with Crippen molar-refractivity contribution in [3.8, 4) is 0 Å². The van der Waals surface area contributed by atoms with Crippen LogP contribution < -0.4 is 5.32 Å². The monoisotopic (exact) mass is 305 g/mol. The quantitative estimate of drug-likeness (QED) is 0.808. The van der Waals surface area contributed by atoms with E-state index < -0.39 is 0 Å². The predicted molar refractivity (Wildman–Crippen MR) is 92.9 cm³/mol. The summed E-state index contributed by atoms with van der Waals surface area (Å²) < 4.78 is 5.24. The molecule has 0 unspecified atom stereocenters. The van der Waals surface area contributed by atoms with E-state index in [-0.39, 0.29) is 5.91 Å². The number of carbonyl (C=O) groups excluding carboxylic acids is 1. The molecule has 0 atom stereocenters. The molecule has 0 spiro atoms. The molecular weight excluding hydrogens is 266 g/mol. The predicted octanol–water partition coefficient (Wildman–Crippen LogP) is 2.08. The van der Waals surface area contributed by atoms with Gasteiger partial charge in [-0.15, -0.1) is 0 Å². The first-order valence-electron chi connectivity index (χ1n) is 8.26. The van der Waals surface area contributed by atoms with Crippen molar-refractivity contribution in [1.82, 2.24) is 15.1 Å². The Balaban J connectivity index is -0.000000277. The first kappa shape index (κ1) is 25.3. The number of likely N-dealkylation sites (N-methyl/N-ethyl adjacent to an activating group) is 1. The maximum atomic E-state index is 10.1. The average Bonchev–Trinajstić information content (AvgIpc) is 2.53. The Bertz CT molecular complexity index is 194. The Labute approximate surface area is 133 Å². The number of morpholine rings is 1. The summed E-state index contributed by atoms with van der Waals surface area (Å²) in [4.78, 5) is 14.0. The summed E-state index contributed by atoms with van der Waals surface area (Å²) >= 11 is 0. The van der Waals surface area contributed by atoms with E-state index in [0.29, 0.717) is 0 Å². The molecule has 1 aliphatic rings. The number of carbonyl (C=O) groups is 1. The van der Waals surface area contributed by atoms with E-state index >= 15 is 0 Å². The van der Waals surface area contributed by atoms with Gasteiger partial charge in [0.1, 0.15) is 0 Å². The number of nitrogens with one attached hydrogen (secondary N) is 1. The molecule has 0 aromatic heterocycles. The Hall–Kier alpha value is -0.650. The number of ether oxygens (including phenoxy) is 1. The van der Waals surface area contributed by atoms with E-state index in [0.717, 1.165) is 45.9 Å². The summed E-state index contributed by atoms with van der Waals surface area (Å²) in [7, 11) is 3.45. The molecule has 21 heavy (non-hydrogen) atoms. The lowest BCUT2D eigenvalue weighted by molar-refractivity contribution is -0.126. The van der Waals surface area contributed by atoms with Crippen LogP contribution in [0.5, 0.6) is 0 Å². The van der Waals surface area contributed by atoms with E-state index in [1.54, 1.807) is 14.1 Å². The van der Waals surface area contributed by atoms with E-state index in [9.17, 15) is 4.79 Å². The van der Waals surface area contributed by atoms with E-state index in [1.807, 2.05) is 27.7 Å². The van der Waals surface area contributed by atoms with Crippen LogP contribution in [0, 0.1) is 0 Å². The van der Waals surface area contributed by atoms with E-state index in [1.165, 1.54) is 11.8 Å². The third-order valence-corrected chi connectivity index (χ3v) is 2.59. The van der Waals surface area contributed by atoms with Gasteiger partial charge < -0.3 is 15.0 Å². The zero-order valence-corrected chi connectivity index (χ0v) is 15.7. The van der Waals surface area contributed by atoms with Crippen LogP contribution in [0.25, 0.3) is 0 Å². The van der Waals surface area contributed by atoms with Crippen LogP contribution in [0.3, 0.4) is 0 Å². The van der Waals surface area contributed by atoms with Crippen LogP contribution in [0.2, 0.25) is 0 Å². The minimum Gasteiger partial charge on any atom is -0.379 e. The van der Waals surface area contributed by atoms with Crippen molar-refractivity contribution in [2.24, 2.45) is 0 Å². The Morgan fingerprint density at radius 3 is 1.90 bits per heavy atom. The van der Waals surface area contributed by atoms with Crippen molar-refractivity contribution in [3.05, 3.63) is 0 Å². The largest absolute Gasteiger partial charge is 0.379 e. The highest BCUT2D eigenvalue weighted by atomic mass is 16.5. The second-order valence-electron chi connectivity index (χ2n) is 4.22.